The molecule has 0 aliphatic carbocycles. The predicted molar refractivity (Wildman–Crippen MR) is 109 cm³/mol. The number of anilines is 2. The minimum atomic E-state index is -3.59. The van der Waals surface area contributed by atoms with E-state index in [1.165, 1.54) is 19.2 Å². The molecule has 0 spiro atoms. The van der Waals surface area contributed by atoms with Crippen molar-refractivity contribution in [2.45, 2.75) is 24.2 Å². The Morgan fingerprint density at radius 2 is 2.11 bits per heavy atom. The molecule has 154 valence electrons. The third kappa shape index (κ3) is 7.27. The van der Waals surface area contributed by atoms with Gasteiger partial charge in [0, 0.05) is 20.1 Å². The third-order valence-electron chi connectivity index (χ3n) is 4.41. The van der Waals surface area contributed by atoms with E-state index < -0.39 is 10.0 Å². The van der Waals surface area contributed by atoms with Crippen LogP contribution in [0.1, 0.15) is 19.3 Å². The van der Waals surface area contributed by atoms with Crippen molar-refractivity contribution >= 4 is 39.7 Å². The Kier molecular flexibility index (Phi) is 10.0. The molecule has 4 N–H and O–H groups in total. The van der Waals surface area contributed by atoms with Crippen LogP contribution in [0.15, 0.2) is 23.1 Å². The number of carbonyl (C=O) groups is 1. The lowest BCUT2D eigenvalue weighted by atomic mass is 10.0. The van der Waals surface area contributed by atoms with Crippen molar-refractivity contribution in [1.29, 1.82) is 0 Å². The first-order valence-corrected chi connectivity index (χ1v) is 10.3. The number of methoxy groups -OCH3 is 1. The Morgan fingerprint density at radius 1 is 1.33 bits per heavy atom. The quantitative estimate of drug-likeness (QED) is 0.426. The van der Waals surface area contributed by atoms with Gasteiger partial charge in [0.05, 0.1) is 22.9 Å². The molecule has 10 heteroatoms. The largest absolute Gasteiger partial charge is 0.383 e. The van der Waals surface area contributed by atoms with Gasteiger partial charge in [-0.3, -0.25) is 4.79 Å². The van der Waals surface area contributed by atoms with E-state index in [0.29, 0.717) is 36.9 Å². The maximum absolute atomic E-state index is 12.3. The van der Waals surface area contributed by atoms with E-state index in [9.17, 15) is 13.2 Å². The van der Waals surface area contributed by atoms with Crippen LogP contribution in [0.2, 0.25) is 0 Å². The Balaban J connectivity index is 0.00000364. The zero-order valence-corrected chi connectivity index (χ0v) is 17.3. The molecular weight excluding hydrogens is 392 g/mol. The highest BCUT2D eigenvalue weighted by Crippen LogP contribution is 2.26. The SMILES string of the molecule is CNS(=O)(=O)c1ccc(NCCOC)c(NC(=O)CCC2CCNC2)c1.Cl. The number of benzene rings is 1. The number of nitrogens with one attached hydrogen (secondary N) is 4. The first-order chi connectivity index (χ1) is 12.5. The fourth-order valence-corrected chi connectivity index (χ4v) is 3.62. The molecule has 0 saturated carbocycles. The Hall–Kier alpha value is -1.39. The molecule has 1 heterocycles. The molecule has 8 nitrogen and oxygen atoms in total. The van der Waals surface area contributed by atoms with Gasteiger partial charge in [0.15, 0.2) is 0 Å². The first-order valence-electron chi connectivity index (χ1n) is 8.77. The van der Waals surface area contributed by atoms with Crippen molar-refractivity contribution in [2.75, 3.05) is 51.0 Å². The van der Waals surface area contributed by atoms with E-state index in [4.69, 9.17) is 4.74 Å². The van der Waals surface area contributed by atoms with E-state index in [1.54, 1.807) is 13.2 Å². The molecule has 1 fully saturated rings. The first kappa shape index (κ1) is 23.6. The molecule has 2 rings (SSSR count). The molecule has 1 unspecified atom stereocenters. The van der Waals surface area contributed by atoms with Crippen LogP contribution >= 0.6 is 12.4 Å². The maximum atomic E-state index is 12.3. The summed E-state index contributed by atoms with van der Waals surface area (Å²) in [5.41, 5.74) is 1.11. The van der Waals surface area contributed by atoms with Gasteiger partial charge in [0.2, 0.25) is 15.9 Å². The van der Waals surface area contributed by atoms with Gasteiger partial charge in [-0.05, 0) is 57.1 Å². The highest BCUT2D eigenvalue weighted by Gasteiger charge is 2.18. The Morgan fingerprint density at radius 3 is 2.74 bits per heavy atom. The van der Waals surface area contributed by atoms with Crippen LogP contribution in [-0.4, -0.2) is 54.7 Å². The summed E-state index contributed by atoms with van der Waals surface area (Å²) in [5, 5.41) is 9.28. The highest BCUT2D eigenvalue weighted by atomic mass is 35.5. The number of hydrogen-bond acceptors (Lipinski definition) is 6. The molecule has 0 radical (unpaired) electrons. The van der Waals surface area contributed by atoms with Gasteiger partial charge in [-0.2, -0.15) is 0 Å². The van der Waals surface area contributed by atoms with E-state index in [-0.39, 0.29) is 23.2 Å². The van der Waals surface area contributed by atoms with Crippen molar-refractivity contribution in [2.24, 2.45) is 5.92 Å². The smallest absolute Gasteiger partial charge is 0.240 e. The number of ether oxygens (including phenoxy) is 1. The lowest BCUT2D eigenvalue weighted by Crippen LogP contribution is -2.20. The van der Waals surface area contributed by atoms with Gasteiger partial charge in [0.25, 0.3) is 0 Å². The predicted octanol–water partition coefficient (Wildman–Crippen LogP) is 1.40. The molecular formula is C17H29ClN4O4S. The van der Waals surface area contributed by atoms with E-state index in [1.807, 2.05) is 0 Å². The third-order valence-corrected chi connectivity index (χ3v) is 5.82. The minimum absolute atomic E-state index is 0. The van der Waals surface area contributed by atoms with Crippen molar-refractivity contribution < 1.29 is 17.9 Å². The molecule has 1 amide bonds. The van der Waals surface area contributed by atoms with Crippen molar-refractivity contribution in [1.82, 2.24) is 10.0 Å². The summed E-state index contributed by atoms with van der Waals surface area (Å²) in [6.07, 6.45) is 2.32. The van der Waals surface area contributed by atoms with Crippen molar-refractivity contribution in [3.05, 3.63) is 18.2 Å². The highest BCUT2D eigenvalue weighted by molar-refractivity contribution is 7.89. The van der Waals surface area contributed by atoms with Crippen LogP contribution in [0, 0.1) is 5.92 Å². The molecule has 1 atom stereocenters. The van der Waals surface area contributed by atoms with Gasteiger partial charge < -0.3 is 20.7 Å². The lowest BCUT2D eigenvalue weighted by molar-refractivity contribution is -0.116. The fraction of sp³-hybridized carbons (Fsp3) is 0.588. The van der Waals surface area contributed by atoms with Gasteiger partial charge in [0.1, 0.15) is 0 Å². The van der Waals surface area contributed by atoms with E-state index >= 15 is 0 Å². The topological polar surface area (TPSA) is 109 Å². The number of carbonyl (C=O) groups excluding carboxylic acids is 1. The zero-order chi connectivity index (χ0) is 19.0. The Labute approximate surface area is 167 Å². The molecule has 1 aliphatic rings. The van der Waals surface area contributed by atoms with Gasteiger partial charge in [-0.15, -0.1) is 12.4 Å². The average Bonchev–Trinajstić information content (AvgIpc) is 3.15. The van der Waals surface area contributed by atoms with Crippen LogP contribution < -0.4 is 20.7 Å². The summed E-state index contributed by atoms with van der Waals surface area (Å²) in [4.78, 5) is 12.4. The summed E-state index contributed by atoms with van der Waals surface area (Å²) in [6.45, 7) is 3.00. The average molecular weight is 421 g/mol. The van der Waals surface area contributed by atoms with Crippen LogP contribution in [0.5, 0.6) is 0 Å². The summed E-state index contributed by atoms with van der Waals surface area (Å²) < 4.78 is 31.4. The second-order valence-corrected chi connectivity index (χ2v) is 8.17. The summed E-state index contributed by atoms with van der Waals surface area (Å²) in [6, 6.07) is 4.62. The molecule has 27 heavy (non-hydrogen) atoms. The van der Waals surface area contributed by atoms with E-state index in [2.05, 4.69) is 20.7 Å². The summed E-state index contributed by atoms with van der Waals surface area (Å²) in [7, 11) is -0.629. The lowest BCUT2D eigenvalue weighted by Gasteiger charge is -2.15. The number of hydrogen-bond donors (Lipinski definition) is 4. The van der Waals surface area contributed by atoms with Gasteiger partial charge in [-0.1, -0.05) is 0 Å². The van der Waals surface area contributed by atoms with Crippen LogP contribution in [0.3, 0.4) is 0 Å². The molecule has 1 saturated heterocycles. The standard InChI is InChI=1S/C17H28N4O4S.ClH/c1-18-26(23,24)14-4-5-15(20-9-10-25-2)16(11-14)21-17(22)6-3-13-7-8-19-12-13;/h4-5,11,13,18-20H,3,6-10,12H2,1-2H3,(H,21,22);1H. The van der Waals surface area contributed by atoms with E-state index in [0.717, 1.165) is 25.9 Å². The van der Waals surface area contributed by atoms with Crippen LogP contribution in [0.4, 0.5) is 11.4 Å². The number of sulfonamides is 1. The normalized spacial score (nSPS) is 16.6. The molecule has 0 bridgehead atoms. The fourth-order valence-electron chi connectivity index (χ4n) is 2.86. The van der Waals surface area contributed by atoms with Crippen LogP contribution in [0.25, 0.3) is 0 Å². The molecule has 1 aromatic carbocycles. The van der Waals surface area contributed by atoms with Gasteiger partial charge in [-0.25, -0.2) is 13.1 Å². The number of rotatable bonds is 10. The number of amides is 1. The monoisotopic (exact) mass is 420 g/mol. The van der Waals surface area contributed by atoms with Crippen LogP contribution in [-0.2, 0) is 19.6 Å². The molecule has 0 aromatic heterocycles. The molecule has 1 aliphatic heterocycles. The van der Waals surface area contributed by atoms with Crippen molar-refractivity contribution in [3.63, 3.8) is 0 Å². The molecule has 1 aromatic rings. The maximum Gasteiger partial charge on any atom is 0.240 e. The zero-order valence-electron chi connectivity index (χ0n) is 15.7. The van der Waals surface area contributed by atoms with Gasteiger partial charge >= 0.3 is 0 Å². The Bertz CT molecular complexity index is 709. The number of halogens is 1. The summed E-state index contributed by atoms with van der Waals surface area (Å²) >= 11 is 0. The minimum Gasteiger partial charge on any atom is -0.383 e. The second-order valence-electron chi connectivity index (χ2n) is 6.28. The second kappa shape index (κ2) is 11.5. The van der Waals surface area contributed by atoms with Crippen molar-refractivity contribution in [3.8, 4) is 0 Å². The summed E-state index contributed by atoms with van der Waals surface area (Å²) in [5.74, 6) is 0.404.